The van der Waals surface area contributed by atoms with Crippen LogP contribution in [0.15, 0.2) is 52.1 Å². The smallest absolute Gasteiger partial charge is 0.313 e. The summed E-state index contributed by atoms with van der Waals surface area (Å²) in [6.45, 7) is 2.07. The van der Waals surface area contributed by atoms with Gasteiger partial charge in [-0.1, -0.05) is 12.1 Å². The number of nitriles is 1. The second-order valence-electron chi connectivity index (χ2n) is 5.87. The highest BCUT2D eigenvalue weighted by atomic mass is 16.6. The number of aromatic nitrogens is 2. The van der Waals surface area contributed by atoms with Crippen LogP contribution in [0.3, 0.4) is 0 Å². The lowest BCUT2D eigenvalue weighted by Crippen LogP contribution is -2.31. The van der Waals surface area contributed by atoms with Gasteiger partial charge in [-0.05, 0) is 31.2 Å². The van der Waals surface area contributed by atoms with Crippen LogP contribution in [0.5, 0.6) is 11.5 Å². The van der Waals surface area contributed by atoms with Crippen LogP contribution in [0.1, 0.15) is 18.9 Å². The highest BCUT2D eigenvalue weighted by Crippen LogP contribution is 2.28. The molecule has 0 aliphatic carbocycles. The molecule has 0 saturated carbocycles. The van der Waals surface area contributed by atoms with Crippen molar-refractivity contribution in [2.45, 2.75) is 19.9 Å². The molecule has 0 aliphatic heterocycles. The lowest BCUT2D eigenvalue weighted by atomic mass is 10.2. The van der Waals surface area contributed by atoms with Gasteiger partial charge in [0.2, 0.25) is 0 Å². The number of esters is 1. The fraction of sp³-hybridized carbons (Fsp3) is 0.200. The van der Waals surface area contributed by atoms with E-state index in [1.54, 1.807) is 31.2 Å². The van der Waals surface area contributed by atoms with Crippen LogP contribution in [-0.4, -0.2) is 22.4 Å². The number of nitrogens with one attached hydrogen (secondary N) is 1. The van der Waals surface area contributed by atoms with Gasteiger partial charge in [-0.15, -0.1) is 0 Å². The van der Waals surface area contributed by atoms with Gasteiger partial charge in [-0.25, -0.2) is 4.68 Å². The summed E-state index contributed by atoms with van der Waals surface area (Å²) >= 11 is 0. The number of carbonyl (C=O) groups excluding carboxylic acids is 1. The second kappa shape index (κ2) is 8.22. The molecule has 0 radical (unpaired) electrons. The van der Waals surface area contributed by atoms with E-state index in [4.69, 9.17) is 14.7 Å². The van der Waals surface area contributed by atoms with E-state index in [0.717, 1.165) is 4.68 Å². The molecule has 1 N–H and O–H groups in total. The fourth-order valence-corrected chi connectivity index (χ4v) is 2.71. The van der Waals surface area contributed by atoms with Crippen molar-refractivity contribution in [3.05, 3.63) is 68.7 Å². The van der Waals surface area contributed by atoms with Crippen LogP contribution in [0.4, 0.5) is 0 Å². The Morgan fingerprint density at radius 1 is 1.14 bits per heavy atom. The highest BCUT2D eigenvalue weighted by molar-refractivity contribution is 5.80. The van der Waals surface area contributed by atoms with Crippen molar-refractivity contribution < 1.29 is 14.3 Å². The summed E-state index contributed by atoms with van der Waals surface area (Å²) < 4.78 is 11.8. The van der Waals surface area contributed by atoms with Crippen molar-refractivity contribution in [3.8, 4) is 17.6 Å². The molecule has 0 bridgehead atoms. The molecule has 0 atom stereocenters. The lowest BCUT2D eigenvalue weighted by molar-refractivity contribution is -0.134. The minimum absolute atomic E-state index is 0.0437. The predicted octanol–water partition coefficient (Wildman–Crippen LogP) is 1.96. The molecule has 8 heteroatoms. The molecule has 3 rings (SSSR count). The molecule has 142 valence electrons. The van der Waals surface area contributed by atoms with Crippen LogP contribution in [-0.2, 0) is 11.3 Å². The normalized spacial score (nSPS) is 10.4. The number of hydrogen-bond donors (Lipinski definition) is 1. The van der Waals surface area contributed by atoms with Crippen LogP contribution in [0, 0.1) is 11.3 Å². The number of carbonyl (C=O) groups is 1. The average Bonchev–Trinajstić information content (AvgIpc) is 2.71. The van der Waals surface area contributed by atoms with Gasteiger partial charge in [0, 0.05) is 6.07 Å². The van der Waals surface area contributed by atoms with Crippen molar-refractivity contribution >= 4 is 16.7 Å². The Bertz CT molecular complexity index is 1190. The third kappa shape index (κ3) is 3.94. The quantitative estimate of drug-likeness (QED) is 0.517. The molecule has 0 amide bonds. The van der Waals surface area contributed by atoms with Crippen LogP contribution >= 0.6 is 0 Å². The van der Waals surface area contributed by atoms with Crippen molar-refractivity contribution in [2.75, 3.05) is 6.61 Å². The average molecular weight is 379 g/mol. The zero-order valence-corrected chi connectivity index (χ0v) is 15.1. The molecule has 1 heterocycles. The minimum Gasteiger partial charge on any atom is -0.490 e. The van der Waals surface area contributed by atoms with Gasteiger partial charge < -0.3 is 9.47 Å². The summed E-state index contributed by atoms with van der Waals surface area (Å²) in [5.74, 6) is -0.136. The highest BCUT2D eigenvalue weighted by Gasteiger charge is 2.13. The summed E-state index contributed by atoms with van der Waals surface area (Å²) in [5.41, 5.74) is -0.422. The number of ether oxygens (including phenoxy) is 2. The van der Waals surface area contributed by atoms with Crippen molar-refractivity contribution in [1.29, 1.82) is 5.26 Å². The van der Waals surface area contributed by atoms with Gasteiger partial charge >= 0.3 is 5.97 Å². The van der Waals surface area contributed by atoms with E-state index >= 15 is 0 Å². The number of aryl methyl sites for hydroxylation is 1. The van der Waals surface area contributed by atoms with Gasteiger partial charge in [0.05, 0.1) is 42.0 Å². The Hall–Kier alpha value is -3.86. The maximum Gasteiger partial charge on any atom is 0.313 e. The molecule has 0 unspecified atom stereocenters. The molecule has 0 fully saturated rings. The first-order chi connectivity index (χ1) is 13.5. The van der Waals surface area contributed by atoms with Gasteiger partial charge in [-0.3, -0.25) is 19.5 Å². The molecule has 1 aromatic heterocycles. The van der Waals surface area contributed by atoms with Crippen LogP contribution in [0.2, 0.25) is 0 Å². The molecular weight excluding hydrogens is 362 g/mol. The van der Waals surface area contributed by atoms with Gasteiger partial charge in [-0.2, -0.15) is 5.26 Å². The Morgan fingerprint density at radius 2 is 1.89 bits per heavy atom. The van der Waals surface area contributed by atoms with Crippen molar-refractivity contribution in [1.82, 2.24) is 9.78 Å². The van der Waals surface area contributed by atoms with E-state index < -0.39 is 17.1 Å². The summed E-state index contributed by atoms with van der Waals surface area (Å²) in [6, 6.07) is 12.9. The maximum atomic E-state index is 12.5. The molecule has 2 aromatic carbocycles. The largest absolute Gasteiger partial charge is 0.490 e. The maximum absolute atomic E-state index is 12.5. The van der Waals surface area contributed by atoms with Crippen LogP contribution < -0.4 is 20.6 Å². The van der Waals surface area contributed by atoms with Gasteiger partial charge in [0.25, 0.3) is 11.1 Å². The standard InChI is InChI=1S/C20H17N3O5/c1-2-27-17-11-13(12-21)7-8-16(17)28-18(24)9-10-23-20(26)15-6-4-3-5-14(15)19(25)22-23/h3-8,11H,2,9-10H2,1H3,(H,22,25). The first-order valence-electron chi connectivity index (χ1n) is 8.63. The molecule has 0 saturated heterocycles. The fourth-order valence-electron chi connectivity index (χ4n) is 2.71. The topological polar surface area (TPSA) is 114 Å². The number of fused-ring (bicyclic) bond motifs is 1. The number of hydrogen-bond acceptors (Lipinski definition) is 6. The van der Waals surface area contributed by atoms with Crippen LogP contribution in [0.25, 0.3) is 10.8 Å². The van der Waals surface area contributed by atoms with E-state index in [2.05, 4.69) is 5.10 Å². The summed E-state index contributed by atoms with van der Waals surface area (Å²) in [6.07, 6.45) is -0.139. The zero-order chi connectivity index (χ0) is 20.1. The third-order valence-corrected chi connectivity index (χ3v) is 4.02. The number of aromatic amines is 1. The summed E-state index contributed by atoms with van der Waals surface area (Å²) in [7, 11) is 0. The van der Waals surface area contributed by atoms with E-state index in [-0.39, 0.29) is 29.9 Å². The molecule has 28 heavy (non-hydrogen) atoms. The van der Waals surface area contributed by atoms with Gasteiger partial charge in [0.15, 0.2) is 11.5 Å². The second-order valence-corrected chi connectivity index (χ2v) is 5.87. The van der Waals surface area contributed by atoms with E-state index in [9.17, 15) is 14.4 Å². The minimum atomic E-state index is -0.605. The van der Waals surface area contributed by atoms with E-state index in [1.165, 1.54) is 18.2 Å². The number of rotatable bonds is 6. The molecule has 8 nitrogen and oxygen atoms in total. The third-order valence-electron chi connectivity index (χ3n) is 4.02. The van der Waals surface area contributed by atoms with Crippen molar-refractivity contribution in [2.24, 2.45) is 0 Å². The predicted molar refractivity (Wildman–Crippen MR) is 101 cm³/mol. The lowest BCUT2D eigenvalue weighted by Gasteiger charge is -2.11. The Morgan fingerprint density at radius 3 is 2.61 bits per heavy atom. The summed E-state index contributed by atoms with van der Waals surface area (Å²) in [5, 5.41) is 12.0. The number of benzene rings is 2. The molecule has 0 aliphatic rings. The van der Waals surface area contributed by atoms with E-state index in [0.29, 0.717) is 17.6 Å². The molecule has 0 spiro atoms. The molecular formula is C20H17N3O5. The first-order valence-corrected chi connectivity index (χ1v) is 8.63. The monoisotopic (exact) mass is 379 g/mol. The SMILES string of the molecule is CCOc1cc(C#N)ccc1OC(=O)CCn1[nH]c(=O)c2ccccc2c1=O. The van der Waals surface area contributed by atoms with E-state index in [1.807, 2.05) is 6.07 Å². The number of nitrogens with zero attached hydrogens (tertiary/aromatic N) is 2. The Labute approximate surface area is 159 Å². The molecule has 3 aromatic rings. The van der Waals surface area contributed by atoms with Gasteiger partial charge in [0.1, 0.15) is 0 Å². The zero-order valence-electron chi connectivity index (χ0n) is 15.1. The van der Waals surface area contributed by atoms with Crippen molar-refractivity contribution in [3.63, 3.8) is 0 Å². The Kier molecular flexibility index (Phi) is 5.56. The number of H-pyrrole nitrogens is 1. The summed E-state index contributed by atoms with van der Waals surface area (Å²) in [4.78, 5) is 36.7. The first kappa shape index (κ1) is 18.9. The Balaban J connectivity index is 1.76.